The smallest absolute Gasteiger partial charge is 0.262 e. The fourth-order valence-corrected chi connectivity index (χ4v) is 8.56. The van der Waals surface area contributed by atoms with Gasteiger partial charge < -0.3 is 29.0 Å². The Hall–Kier alpha value is -5.59. The zero-order valence-corrected chi connectivity index (χ0v) is 32.3. The minimum Gasteiger partial charge on any atom is -0.474 e. The number of carbonyl (C=O) groups is 3. The lowest BCUT2D eigenvalue weighted by atomic mass is 9.92. The van der Waals surface area contributed by atoms with Gasteiger partial charge >= 0.3 is 0 Å². The molecule has 1 atom stereocenters. The predicted octanol–water partition coefficient (Wildman–Crippen LogP) is 6.82. The van der Waals surface area contributed by atoms with Gasteiger partial charge in [0.05, 0.1) is 22.7 Å². The lowest BCUT2D eigenvalue weighted by Crippen LogP contribution is -2.51. The van der Waals surface area contributed by atoms with Gasteiger partial charge in [-0.3, -0.25) is 24.3 Å². The van der Waals surface area contributed by atoms with Crippen LogP contribution in [-0.4, -0.2) is 88.3 Å². The number of hydrogen-bond donors (Lipinski definition) is 1. The Morgan fingerprint density at radius 2 is 1.65 bits per heavy atom. The largest absolute Gasteiger partial charge is 0.474 e. The van der Waals surface area contributed by atoms with Crippen LogP contribution in [0.3, 0.4) is 0 Å². The lowest BCUT2D eigenvalue weighted by molar-refractivity contribution is -0.125. The number of unbranched alkanes of at least 4 members (excludes halogenated alkanes) is 2. The predicted molar refractivity (Wildman–Crippen MR) is 217 cm³/mol. The average Bonchev–Trinajstić information content (AvgIpc) is 3.61. The van der Waals surface area contributed by atoms with E-state index >= 15 is 0 Å². The molecule has 1 aliphatic carbocycles. The van der Waals surface area contributed by atoms with E-state index in [1.165, 1.54) is 16.4 Å². The Kier molecular flexibility index (Phi) is 10.2. The molecule has 0 bridgehead atoms. The Bertz CT molecular complexity index is 2340. The number of amides is 3. The number of pyridine rings is 2. The maximum Gasteiger partial charge on any atom is 0.262 e. The topological polar surface area (TPSA) is 128 Å². The van der Waals surface area contributed by atoms with Crippen molar-refractivity contribution in [3.8, 4) is 17.0 Å². The molecule has 1 N–H and O–H groups in total. The molecule has 9 rings (SSSR count). The van der Waals surface area contributed by atoms with Gasteiger partial charge in [0.2, 0.25) is 11.8 Å². The quantitative estimate of drug-likeness (QED) is 0.0902. The fourth-order valence-electron chi connectivity index (χ4n) is 8.56. The maximum absolute atomic E-state index is 13.2. The van der Waals surface area contributed by atoms with Crippen molar-refractivity contribution in [3.05, 3.63) is 96.6 Å². The van der Waals surface area contributed by atoms with E-state index in [1.807, 2.05) is 30.7 Å². The number of piperidine rings is 1. The molecule has 3 amide bonds. The van der Waals surface area contributed by atoms with Crippen LogP contribution in [0, 0.1) is 5.92 Å². The number of rotatable bonds is 15. The fraction of sp³-hybridized carbons (Fsp3) is 0.400. The highest BCUT2D eigenvalue weighted by molar-refractivity contribution is 6.23. The molecule has 0 radical (unpaired) electrons. The van der Waals surface area contributed by atoms with Crippen molar-refractivity contribution in [2.45, 2.75) is 69.6 Å². The number of hydrogen-bond acceptors (Lipinski definition) is 9. The van der Waals surface area contributed by atoms with Crippen LogP contribution in [0.4, 0.5) is 5.69 Å². The summed E-state index contributed by atoms with van der Waals surface area (Å²) in [5.41, 5.74) is 6.79. The molecule has 2 aromatic carbocycles. The first kappa shape index (κ1) is 37.0. The van der Waals surface area contributed by atoms with Gasteiger partial charge in [-0.1, -0.05) is 18.7 Å². The van der Waals surface area contributed by atoms with E-state index in [4.69, 9.17) is 14.2 Å². The van der Waals surface area contributed by atoms with Gasteiger partial charge in [0.1, 0.15) is 12.1 Å². The van der Waals surface area contributed by atoms with Crippen molar-refractivity contribution in [3.63, 3.8) is 0 Å². The Labute approximate surface area is 331 Å². The second-order valence-corrected chi connectivity index (χ2v) is 15.9. The van der Waals surface area contributed by atoms with E-state index in [-0.39, 0.29) is 18.1 Å². The van der Waals surface area contributed by atoms with Gasteiger partial charge in [-0.05, 0) is 86.4 Å². The van der Waals surface area contributed by atoms with Gasteiger partial charge in [0.15, 0.2) is 0 Å². The molecule has 12 heteroatoms. The van der Waals surface area contributed by atoms with Crippen molar-refractivity contribution >= 4 is 45.2 Å². The highest BCUT2D eigenvalue weighted by Gasteiger charge is 2.44. The molecular weight excluding hydrogens is 721 g/mol. The normalized spacial score (nSPS) is 20.9. The van der Waals surface area contributed by atoms with Gasteiger partial charge in [-0.25, -0.2) is 4.98 Å². The van der Waals surface area contributed by atoms with Gasteiger partial charge in [0.25, 0.3) is 11.8 Å². The lowest BCUT2D eigenvalue weighted by Gasteiger charge is -2.41. The molecule has 5 aromatic rings. The Balaban J connectivity index is 0.618. The summed E-state index contributed by atoms with van der Waals surface area (Å²) in [4.78, 5) is 51.0. The number of fused-ring (bicyclic) bond motifs is 4. The van der Waals surface area contributed by atoms with E-state index in [1.54, 1.807) is 12.1 Å². The average molecular weight is 769 g/mol. The molecule has 1 saturated carbocycles. The van der Waals surface area contributed by atoms with Gasteiger partial charge in [-0.15, -0.1) is 0 Å². The van der Waals surface area contributed by atoms with Crippen LogP contribution in [0.5, 0.6) is 5.88 Å². The number of nitrogens with one attached hydrogen (secondary N) is 1. The third-order valence-electron chi connectivity index (χ3n) is 12.0. The number of nitrogens with zero attached hydrogens (tertiary/aromatic N) is 5. The van der Waals surface area contributed by atoms with Crippen LogP contribution in [0.1, 0.15) is 72.1 Å². The van der Waals surface area contributed by atoms with E-state index < -0.39 is 17.9 Å². The third-order valence-corrected chi connectivity index (χ3v) is 12.0. The highest BCUT2D eigenvalue weighted by atomic mass is 16.5. The van der Waals surface area contributed by atoms with Crippen molar-refractivity contribution in [1.29, 1.82) is 0 Å². The number of aryl methyl sites for hydroxylation is 1. The van der Waals surface area contributed by atoms with Gasteiger partial charge in [-0.2, -0.15) is 0 Å². The number of allylic oxidation sites excluding steroid dienone is 1. The number of anilines is 1. The number of benzene rings is 2. The summed E-state index contributed by atoms with van der Waals surface area (Å²) >= 11 is 0. The number of imide groups is 1. The second-order valence-electron chi connectivity index (χ2n) is 15.9. The van der Waals surface area contributed by atoms with Crippen LogP contribution in [-0.2, 0) is 21.3 Å². The zero-order valence-electron chi connectivity index (χ0n) is 32.3. The summed E-state index contributed by atoms with van der Waals surface area (Å²) in [5.74, 6) is 0.0251. The molecular formula is C45H48N6O6. The zero-order chi connectivity index (χ0) is 39.0. The summed E-state index contributed by atoms with van der Waals surface area (Å²) in [6.07, 6.45) is 12.8. The monoisotopic (exact) mass is 768 g/mol. The molecule has 294 valence electrons. The molecule has 57 heavy (non-hydrogen) atoms. The van der Waals surface area contributed by atoms with Crippen LogP contribution in [0.25, 0.3) is 32.9 Å². The molecule has 2 saturated heterocycles. The summed E-state index contributed by atoms with van der Waals surface area (Å²) in [7, 11) is 2.09. The molecule has 3 fully saturated rings. The van der Waals surface area contributed by atoms with E-state index in [2.05, 4.69) is 68.7 Å². The van der Waals surface area contributed by atoms with Crippen molar-refractivity contribution in [1.82, 2.24) is 24.8 Å². The standard InChI is InChI=1S/C45H48N6O6/c1-28-6-12-40(43(52)48-28)51-44(53)36-11-9-32(21-37(36)45(51)54)50-26-29(27-50)15-19-55-17-4-3-5-18-56-33-22-34(23-33)57-42-13-8-31(24-47-42)30-7-10-35-38-25-46-16-14-39(38)49(2)41(35)20-30/h7-11,13-14,16,20-21,24-25,29,33-34,40H,1,3-6,12,15,17-19,22-23,26-27H2,2H3,(H,48,52). The van der Waals surface area contributed by atoms with Gasteiger partial charge in [0, 0.05) is 111 Å². The van der Waals surface area contributed by atoms with Crippen molar-refractivity contribution in [2.75, 3.05) is 37.8 Å². The van der Waals surface area contributed by atoms with Crippen molar-refractivity contribution < 1.29 is 28.6 Å². The summed E-state index contributed by atoms with van der Waals surface area (Å²) in [6, 6.07) is 17.2. The first-order chi connectivity index (χ1) is 27.8. The molecule has 3 aromatic heterocycles. The van der Waals surface area contributed by atoms with E-state index in [0.717, 1.165) is 98.5 Å². The molecule has 4 aliphatic rings. The molecule has 1 unspecified atom stereocenters. The second kappa shape index (κ2) is 15.7. The van der Waals surface area contributed by atoms with Crippen LogP contribution < -0.4 is 15.0 Å². The third kappa shape index (κ3) is 7.39. The number of ether oxygens (including phenoxy) is 3. The van der Waals surface area contributed by atoms with Crippen LogP contribution >= 0.6 is 0 Å². The summed E-state index contributed by atoms with van der Waals surface area (Å²) in [5, 5.41) is 5.04. The number of aromatic nitrogens is 3. The molecule has 3 aliphatic heterocycles. The minimum absolute atomic E-state index is 0.137. The van der Waals surface area contributed by atoms with Crippen LogP contribution in [0.15, 0.2) is 85.5 Å². The summed E-state index contributed by atoms with van der Waals surface area (Å²) in [6.45, 7) is 7.80. The molecule has 6 heterocycles. The number of carbonyl (C=O) groups excluding carboxylic acids is 3. The first-order valence-corrected chi connectivity index (χ1v) is 20.2. The highest BCUT2D eigenvalue weighted by Crippen LogP contribution is 2.35. The van der Waals surface area contributed by atoms with Crippen molar-refractivity contribution in [2.24, 2.45) is 13.0 Å². The van der Waals surface area contributed by atoms with E-state index in [9.17, 15) is 14.4 Å². The first-order valence-electron chi connectivity index (χ1n) is 20.2. The van der Waals surface area contributed by atoms with Crippen LogP contribution in [0.2, 0.25) is 0 Å². The summed E-state index contributed by atoms with van der Waals surface area (Å²) < 4.78 is 20.4. The minimum atomic E-state index is -0.798. The molecule has 12 nitrogen and oxygen atoms in total. The van der Waals surface area contributed by atoms with E-state index in [0.29, 0.717) is 41.5 Å². The Morgan fingerprint density at radius 3 is 2.47 bits per heavy atom. The SMILES string of the molecule is C=C1CCC(N2C(=O)c3ccc(N4CC(CCOCCCCCOC5CC(Oc6ccc(-c7ccc8c9cnccc9n(C)c8c7)cn6)C5)C4)cc3C2=O)C(=O)N1. The molecule has 0 spiro atoms. The Morgan fingerprint density at radius 1 is 0.825 bits per heavy atom. The maximum atomic E-state index is 13.2.